The van der Waals surface area contributed by atoms with E-state index in [4.69, 9.17) is 26.8 Å². The first kappa shape index (κ1) is 16.7. The van der Waals surface area contributed by atoms with Crippen LogP contribution in [0.3, 0.4) is 0 Å². The Hall–Kier alpha value is -1.71. The first-order chi connectivity index (χ1) is 10.6. The van der Waals surface area contributed by atoms with E-state index in [1.54, 1.807) is 0 Å². The molecule has 4 heteroatoms. The molecule has 0 aliphatic rings. The molecule has 0 aliphatic carbocycles. The van der Waals surface area contributed by atoms with Crippen LogP contribution in [0.25, 0.3) is 0 Å². The van der Waals surface area contributed by atoms with Crippen LogP contribution in [0, 0.1) is 0 Å². The average molecular weight is 320 g/mol. The predicted octanol–water partition coefficient (Wildman–Crippen LogP) is 4.21. The van der Waals surface area contributed by atoms with Gasteiger partial charge in [-0.1, -0.05) is 35.9 Å². The molecule has 0 aromatic heterocycles. The maximum atomic E-state index is 6.15. The van der Waals surface area contributed by atoms with Gasteiger partial charge in [-0.05, 0) is 44.0 Å². The predicted molar refractivity (Wildman–Crippen MR) is 90.7 cm³/mol. The number of hydrogen-bond acceptors (Lipinski definition) is 3. The fraction of sp³-hybridized carbons (Fsp3) is 0.333. The molecule has 0 spiro atoms. The summed E-state index contributed by atoms with van der Waals surface area (Å²) in [5.74, 6) is 1.46. The molecule has 2 rings (SSSR count). The highest BCUT2D eigenvalue weighted by Crippen LogP contribution is 2.30. The molecule has 2 aromatic rings. The van der Waals surface area contributed by atoms with Gasteiger partial charge in [0.05, 0.1) is 6.61 Å². The third kappa shape index (κ3) is 4.65. The van der Waals surface area contributed by atoms with Gasteiger partial charge in [-0.2, -0.15) is 0 Å². The smallest absolute Gasteiger partial charge is 0.161 e. The summed E-state index contributed by atoms with van der Waals surface area (Å²) in [5.41, 5.74) is 7.94. The van der Waals surface area contributed by atoms with Crippen LogP contribution in [0.4, 0.5) is 0 Å². The van der Waals surface area contributed by atoms with Crippen LogP contribution >= 0.6 is 11.6 Å². The van der Waals surface area contributed by atoms with Gasteiger partial charge in [-0.25, -0.2) is 0 Å². The lowest BCUT2D eigenvalue weighted by atomic mass is 10.1. The SMILES string of the molecule is CCOc1cc(CC(C)N)ccc1OCc1ccccc1Cl. The molecule has 2 aromatic carbocycles. The second kappa shape index (κ2) is 8.06. The van der Waals surface area contributed by atoms with Gasteiger partial charge < -0.3 is 15.2 Å². The molecule has 1 atom stereocenters. The Kier molecular flexibility index (Phi) is 6.10. The van der Waals surface area contributed by atoms with Crippen LogP contribution in [0.2, 0.25) is 5.02 Å². The second-order valence-electron chi connectivity index (χ2n) is 5.28. The van der Waals surface area contributed by atoms with Crippen LogP contribution in [0.5, 0.6) is 11.5 Å². The maximum Gasteiger partial charge on any atom is 0.161 e. The topological polar surface area (TPSA) is 44.5 Å². The third-order valence-electron chi connectivity index (χ3n) is 3.21. The van der Waals surface area contributed by atoms with Crippen LogP contribution < -0.4 is 15.2 Å². The highest BCUT2D eigenvalue weighted by Gasteiger charge is 2.09. The summed E-state index contributed by atoms with van der Waals surface area (Å²) in [4.78, 5) is 0. The molecule has 0 saturated carbocycles. The molecule has 0 bridgehead atoms. The van der Waals surface area contributed by atoms with Crippen LogP contribution in [-0.4, -0.2) is 12.6 Å². The average Bonchev–Trinajstić information content (AvgIpc) is 2.48. The Morgan fingerprint density at radius 3 is 2.55 bits per heavy atom. The summed E-state index contributed by atoms with van der Waals surface area (Å²) in [5, 5.41) is 0.703. The minimum Gasteiger partial charge on any atom is -0.490 e. The van der Waals surface area contributed by atoms with Crippen molar-refractivity contribution in [3.05, 3.63) is 58.6 Å². The molecule has 2 N–H and O–H groups in total. The number of nitrogens with two attached hydrogens (primary N) is 1. The fourth-order valence-electron chi connectivity index (χ4n) is 2.21. The van der Waals surface area contributed by atoms with Crippen molar-refractivity contribution in [1.82, 2.24) is 0 Å². The zero-order valence-corrected chi connectivity index (χ0v) is 13.8. The molecule has 0 aliphatic heterocycles. The molecule has 0 heterocycles. The molecule has 0 amide bonds. The summed E-state index contributed by atoms with van der Waals surface area (Å²) in [7, 11) is 0. The summed E-state index contributed by atoms with van der Waals surface area (Å²) in [6, 6.07) is 13.7. The minimum atomic E-state index is 0.115. The molecule has 3 nitrogen and oxygen atoms in total. The Bertz CT molecular complexity index is 614. The van der Waals surface area contributed by atoms with Crippen molar-refractivity contribution in [3.63, 3.8) is 0 Å². The van der Waals surface area contributed by atoms with Gasteiger partial charge in [0.1, 0.15) is 6.61 Å². The summed E-state index contributed by atoms with van der Waals surface area (Å²) >= 11 is 6.15. The van der Waals surface area contributed by atoms with E-state index in [2.05, 4.69) is 0 Å². The summed E-state index contributed by atoms with van der Waals surface area (Å²) < 4.78 is 11.6. The first-order valence-corrected chi connectivity index (χ1v) is 7.85. The van der Waals surface area contributed by atoms with Crippen LogP contribution in [-0.2, 0) is 13.0 Å². The van der Waals surface area contributed by atoms with Crippen molar-refractivity contribution in [1.29, 1.82) is 0 Å². The van der Waals surface area contributed by atoms with Gasteiger partial charge in [-0.15, -0.1) is 0 Å². The number of benzene rings is 2. The van der Waals surface area contributed by atoms with E-state index in [1.807, 2.05) is 56.3 Å². The minimum absolute atomic E-state index is 0.115. The lowest BCUT2D eigenvalue weighted by molar-refractivity contribution is 0.269. The van der Waals surface area contributed by atoms with Gasteiger partial charge in [-0.3, -0.25) is 0 Å². The Morgan fingerprint density at radius 1 is 1.09 bits per heavy atom. The van der Waals surface area contributed by atoms with E-state index in [9.17, 15) is 0 Å². The zero-order valence-electron chi connectivity index (χ0n) is 13.0. The molecule has 118 valence electrons. The van der Waals surface area contributed by atoms with Gasteiger partial charge in [0.2, 0.25) is 0 Å². The lowest BCUT2D eigenvalue weighted by Crippen LogP contribution is -2.17. The van der Waals surface area contributed by atoms with Crippen molar-refractivity contribution in [2.75, 3.05) is 6.61 Å². The van der Waals surface area contributed by atoms with Crippen molar-refractivity contribution in [2.24, 2.45) is 5.73 Å². The first-order valence-electron chi connectivity index (χ1n) is 7.47. The largest absolute Gasteiger partial charge is 0.490 e. The van der Waals surface area contributed by atoms with E-state index in [1.165, 1.54) is 0 Å². The van der Waals surface area contributed by atoms with Crippen molar-refractivity contribution in [3.8, 4) is 11.5 Å². The molecule has 0 saturated heterocycles. The summed E-state index contributed by atoms with van der Waals surface area (Å²) in [6.45, 7) is 4.94. The highest BCUT2D eigenvalue weighted by molar-refractivity contribution is 6.31. The lowest BCUT2D eigenvalue weighted by Gasteiger charge is -2.14. The normalized spacial score (nSPS) is 12.0. The van der Waals surface area contributed by atoms with Crippen molar-refractivity contribution < 1.29 is 9.47 Å². The van der Waals surface area contributed by atoms with E-state index in [0.717, 1.165) is 29.0 Å². The molecule has 22 heavy (non-hydrogen) atoms. The molecule has 0 radical (unpaired) electrons. The van der Waals surface area contributed by atoms with Gasteiger partial charge >= 0.3 is 0 Å². The number of hydrogen-bond donors (Lipinski definition) is 1. The van der Waals surface area contributed by atoms with Crippen molar-refractivity contribution in [2.45, 2.75) is 32.9 Å². The number of rotatable bonds is 7. The maximum absolute atomic E-state index is 6.15. The monoisotopic (exact) mass is 319 g/mol. The van der Waals surface area contributed by atoms with E-state index < -0.39 is 0 Å². The Morgan fingerprint density at radius 2 is 1.86 bits per heavy atom. The summed E-state index contributed by atoms with van der Waals surface area (Å²) in [6.07, 6.45) is 0.810. The highest BCUT2D eigenvalue weighted by atomic mass is 35.5. The van der Waals surface area contributed by atoms with E-state index >= 15 is 0 Å². The molecular formula is C18H22ClNO2. The number of halogens is 1. The van der Waals surface area contributed by atoms with Gasteiger partial charge in [0.15, 0.2) is 11.5 Å². The van der Waals surface area contributed by atoms with Crippen molar-refractivity contribution >= 4 is 11.6 Å². The third-order valence-corrected chi connectivity index (χ3v) is 3.58. The van der Waals surface area contributed by atoms with Crippen LogP contribution in [0.15, 0.2) is 42.5 Å². The molecule has 0 fully saturated rings. The molecular weight excluding hydrogens is 298 g/mol. The van der Waals surface area contributed by atoms with Crippen LogP contribution in [0.1, 0.15) is 25.0 Å². The van der Waals surface area contributed by atoms with E-state index in [-0.39, 0.29) is 6.04 Å². The molecule has 1 unspecified atom stereocenters. The second-order valence-corrected chi connectivity index (χ2v) is 5.68. The number of ether oxygens (including phenoxy) is 2. The standard InChI is InChI=1S/C18H22ClNO2/c1-3-21-18-11-14(10-13(2)20)8-9-17(18)22-12-15-6-4-5-7-16(15)19/h4-9,11,13H,3,10,12,20H2,1-2H3. The quantitative estimate of drug-likeness (QED) is 0.831. The Balaban J connectivity index is 2.13. The zero-order chi connectivity index (χ0) is 15.9. The van der Waals surface area contributed by atoms with Gasteiger partial charge in [0.25, 0.3) is 0 Å². The Labute approximate surface area is 137 Å². The fourth-order valence-corrected chi connectivity index (χ4v) is 2.40. The van der Waals surface area contributed by atoms with Gasteiger partial charge in [0, 0.05) is 16.6 Å². The van der Waals surface area contributed by atoms with E-state index in [0.29, 0.717) is 18.2 Å².